The van der Waals surface area contributed by atoms with E-state index in [1.807, 2.05) is 60.7 Å². The number of hydrogen-bond donors (Lipinski definition) is 3. The fourth-order valence-corrected chi connectivity index (χ4v) is 4.59. The first-order chi connectivity index (χ1) is 19.1. The van der Waals surface area contributed by atoms with Crippen LogP contribution in [0.5, 0.6) is 0 Å². The van der Waals surface area contributed by atoms with Gasteiger partial charge >= 0.3 is 0 Å². The summed E-state index contributed by atoms with van der Waals surface area (Å²) in [5, 5.41) is 30.5. The maximum Gasteiger partial charge on any atom is 0.239 e. The number of aliphatic hydroxyl groups is 2. The second kappa shape index (κ2) is 12.0. The number of benzene rings is 4. The number of aliphatic hydroxyl groups excluding tert-OH is 2. The summed E-state index contributed by atoms with van der Waals surface area (Å²) in [5.41, 5.74) is 8.26. The summed E-state index contributed by atoms with van der Waals surface area (Å²) in [5.74, 6) is 0. The first-order valence-corrected chi connectivity index (χ1v) is 13.2. The smallest absolute Gasteiger partial charge is 0.239 e. The molecular formula is C31H33N6O2+. The van der Waals surface area contributed by atoms with Gasteiger partial charge in [0, 0.05) is 55.3 Å². The average Bonchev–Trinajstić information content (AvgIpc) is 2.99. The summed E-state index contributed by atoms with van der Waals surface area (Å²) < 4.78 is 2.24. The van der Waals surface area contributed by atoms with Crippen LogP contribution in [0.3, 0.4) is 0 Å². The topological polar surface area (TPSA) is 97.2 Å². The quantitative estimate of drug-likeness (QED) is 0.125. The normalized spacial score (nSPS) is 12.3. The molecule has 0 aliphatic rings. The highest BCUT2D eigenvalue weighted by molar-refractivity contribution is 5.85. The van der Waals surface area contributed by atoms with E-state index in [1.54, 1.807) is 0 Å². The number of hydrogen-bond acceptors (Lipinski definition) is 7. The maximum absolute atomic E-state index is 9.52. The summed E-state index contributed by atoms with van der Waals surface area (Å²) >= 11 is 0. The molecule has 1 atom stereocenters. The third kappa shape index (κ3) is 5.87. The third-order valence-corrected chi connectivity index (χ3v) is 6.68. The Labute approximate surface area is 227 Å². The van der Waals surface area contributed by atoms with Crippen molar-refractivity contribution in [2.45, 2.75) is 20.0 Å². The molecular weight excluding hydrogens is 488 g/mol. The standard InChI is InChI=1S/C31H32N6O2/c1-3-36(4-2)26-15-17-29-31(19-26)37(25-8-6-5-7-9-25)30-18-24(14-16-28(30)33-29)35-34-23-12-10-22(11-13-23)32-20-27(39)21-38/h5-19,27,38-39H,3-4,20-21H2,1-2H3/p+1. The van der Waals surface area contributed by atoms with E-state index in [0.717, 1.165) is 57.9 Å². The molecule has 5 aromatic rings. The summed E-state index contributed by atoms with van der Waals surface area (Å²) in [4.78, 5) is 7.30. The van der Waals surface area contributed by atoms with Crippen LogP contribution < -0.4 is 14.8 Å². The molecule has 5 rings (SSSR count). The number of azo groups is 1. The van der Waals surface area contributed by atoms with Crippen molar-refractivity contribution in [3.8, 4) is 5.69 Å². The molecule has 1 unspecified atom stereocenters. The number of para-hydroxylation sites is 1. The Morgan fingerprint density at radius 1 is 0.821 bits per heavy atom. The molecule has 1 heterocycles. The zero-order valence-corrected chi connectivity index (χ0v) is 22.2. The van der Waals surface area contributed by atoms with Crippen LogP contribution in [-0.2, 0) is 0 Å². The molecule has 0 fully saturated rings. The van der Waals surface area contributed by atoms with Crippen LogP contribution in [0, 0.1) is 0 Å². The Morgan fingerprint density at radius 3 is 2.15 bits per heavy atom. The molecule has 4 aromatic carbocycles. The third-order valence-electron chi connectivity index (χ3n) is 6.68. The van der Waals surface area contributed by atoms with Crippen molar-refractivity contribution in [1.29, 1.82) is 0 Å². The number of anilines is 2. The van der Waals surface area contributed by atoms with Crippen molar-refractivity contribution in [3.05, 3.63) is 91.0 Å². The zero-order valence-electron chi connectivity index (χ0n) is 22.2. The molecule has 1 aromatic heterocycles. The first-order valence-electron chi connectivity index (χ1n) is 13.2. The molecule has 39 heavy (non-hydrogen) atoms. The highest BCUT2D eigenvalue weighted by atomic mass is 16.3. The average molecular weight is 522 g/mol. The van der Waals surface area contributed by atoms with E-state index in [4.69, 9.17) is 10.1 Å². The van der Waals surface area contributed by atoms with Gasteiger partial charge in [-0.25, -0.2) is 4.98 Å². The molecule has 0 bridgehead atoms. The minimum Gasteiger partial charge on any atom is -0.394 e. The van der Waals surface area contributed by atoms with Crippen LogP contribution in [-0.4, -0.2) is 47.5 Å². The molecule has 8 nitrogen and oxygen atoms in total. The van der Waals surface area contributed by atoms with Crippen molar-refractivity contribution < 1.29 is 14.8 Å². The van der Waals surface area contributed by atoms with Gasteiger partial charge in [0.2, 0.25) is 16.7 Å². The molecule has 8 heteroatoms. The van der Waals surface area contributed by atoms with Gasteiger partial charge in [0.05, 0.1) is 24.1 Å². The van der Waals surface area contributed by atoms with Crippen molar-refractivity contribution in [2.24, 2.45) is 10.2 Å². The maximum atomic E-state index is 9.52. The van der Waals surface area contributed by atoms with E-state index in [-0.39, 0.29) is 13.2 Å². The van der Waals surface area contributed by atoms with Gasteiger partial charge in [0.25, 0.3) is 0 Å². The second-order valence-electron chi connectivity index (χ2n) is 9.27. The van der Waals surface area contributed by atoms with Crippen LogP contribution in [0.4, 0.5) is 22.7 Å². The lowest BCUT2D eigenvalue weighted by atomic mass is 10.1. The van der Waals surface area contributed by atoms with Gasteiger partial charge in [-0.2, -0.15) is 10.2 Å². The van der Waals surface area contributed by atoms with E-state index < -0.39 is 6.10 Å². The summed E-state index contributed by atoms with van der Waals surface area (Å²) in [7, 11) is 0. The molecule has 0 aliphatic carbocycles. The monoisotopic (exact) mass is 521 g/mol. The molecule has 0 aliphatic heterocycles. The van der Waals surface area contributed by atoms with E-state index >= 15 is 0 Å². The number of fused-ring (bicyclic) bond motifs is 2. The molecule has 0 saturated heterocycles. The molecule has 3 N–H and O–H groups in total. The Balaban J connectivity index is 1.54. The molecule has 0 radical (unpaired) electrons. The van der Waals surface area contributed by atoms with Gasteiger partial charge in [-0.1, -0.05) is 18.2 Å². The van der Waals surface area contributed by atoms with Crippen LogP contribution in [0.15, 0.2) is 101 Å². The summed E-state index contributed by atoms with van der Waals surface area (Å²) in [6, 6.07) is 30.1. The van der Waals surface area contributed by atoms with Crippen LogP contribution in [0.25, 0.3) is 27.8 Å². The Hall–Kier alpha value is -4.40. The Morgan fingerprint density at radius 2 is 1.46 bits per heavy atom. The van der Waals surface area contributed by atoms with Crippen molar-refractivity contribution >= 4 is 44.8 Å². The predicted octanol–water partition coefficient (Wildman–Crippen LogP) is 5.69. The molecule has 198 valence electrons. The van der Waals surface area contributed by atoms with Crippen LogP contribution >= 0.6 is 0 Å². The molecule has 0 saturated carbocycles. The summed E-state index contributed by atoms with van der Waals surface area (Å²) in [6.45, 7) is 6.19. The highest BCUT2D eigenvalue weighted by Crippen LogP contribution is 2.26. The number of nitrogens with one attached hydrogen (secondary N) is 1. The van der Waals surface area contributed by atoms with E-state index in [9.17, 15) is 5.11 Å². The number of aromatic nitrogens is 2. The lowest BCUT2D eigenvalue weighted by Crippen LogP contribution is -2.33. The minimum absolute atomic E-state index is 0.273. The summed E-state index contributed by atoms with van der Waals surface area (Å²) in [6.07, 6.45) is -0.800. The Bertz CT molecular complexity index is 1580. The minimum atomic E-state index is -0.800. The van der Waals surface area contributed by atoms with E-state index in [2.05, 4.69) is 69.2 Å². The fraction of sp³-hybridized carbons (Fsp3) is 0.226. The molecule has 0 spiro atoms. The Kier molecular flexibility index (Phi) is 8.05. The predicted molar refractivity (Wildman–Crippen MR) is 157 cm³/mol. The van der Waals surface area contributed by atoms with Crippen LogP contribution in [0.2, 0.25) is 0 Å². The molecule has 0 amide bonds. The van der Waals surface area contributed by atoms with Gasteiger partial charge in [-0.05, 0) is 62.4 Å². The van der Waals surface area contributed by atoms with Gasteiger partial charge in [0.15, 0.2) is 0 Å². The van der Waals surface area contributed by atoms with E-state index in [0.29, 0.717) is 5.69 Å². The van der Waals surface area contributed by atoms with E-state index in [1.165, 1.54) is 0 Å². The zero-order chi connectivity index (χ0) is 27.2. The van der Waals surface area contributed by atoms with Crippen LogP contribution in [0.1, 0.15) is 13.8 Å². The SMILES string of the molecule is CCN(CC)c1ccc2nc3ccc(N=Nc4ccc(NCC(O)CO)cc4)cc3[n+](-c3ccccc3)c2c1. The van der Waals surface area contributed by atoms with Gasteiger partial charge < -0.3 is 20.4 Å². The van der Waals surface area contributed by atoms with Crippen molar-refractivity contribution in [3.63, 3.8) is 0 Å². The first kappa shape index (κ1) is 26.2. The fourth-order valence-electron chi connectivity index (χ4n) is 4.59. The largest absolute Gasteiger partial charge is 0.394 e. The number of nitrogens with zero attached hydrogens (tertiary/aromatic N) is 5. The van der Waals surface area contributed by atoms with Crippen molar-refractivity contribution in [2.75, 3.05) is 36.5 Å². The lowest BCUT2D eigenvalue weighted by Gasteiger charge is -2.20. The second-order valence-corrected chi connectivity index (χ2v) is 9.27. The van der Waals surface area contributed by atoms with Gasteiger partial charge in [0.1, 0.15) is 11.0 Å². The van der Waals surface area contributed by atoms with Gasteiger partial charge in [-0.15, -0.1) is 4.57 Å². The van der Waals surface area contributed by atoms with Crippen molar-refractivity contribution in [1.82, 2.24) is 4.98 Å². The lowest BCUT2D eigenvalue weighted by molar-refractivity contribution is -0.538. The highest BCUT2D eigenvalue weighted by Gasteiger charge is 2.21. The number of rotatable bonds is 10. The van der Waals surface area contributed by atoms with Gasteiger partial charge in [-0.3, -0.25) is 0 Å².